The predicted molar refractivity (Wildman–Crippen MR) is 117 cm³/mol. The van der Waals surface area contributed by atoms with Gasteiger partial charge in [0.05, 0.1) is 11.6 Å². The largest absolute Gasteiger partial charge is 0.192 e. The molecule has 0 heterocycles. The Morgan fingerprint density at radius 1 is 1.07 bits per heavy atom. The van der Waals surface area contributed by atoms with Crippen LogP contribution in [0.4, 0.5) is 0 Å². The summed E-state index contributed by atoms with van der Waals surface area (Å²) >= 11 is 0. The van der Waals surface area contributed by atoms with Crippen LogP contribution in [0.5, 0.6) is 0 Å². The van der Waals surface area contributed by atoms with Crippen LogP contribution in [0.1, 0.15) is 91.3 Å². The van der Waals surface area contributed by atoms with E-state index in [0.29, 0.717) is 11.3 Å². The van der Waals surface area contributed by atoms with Crippen molar-refractivity contribution in [3.05, 3.63) is 69.3 Å². The highest BCUT2D eigenvalue weighted by Crippen LogP contribution is 2.41. The second kappa shape index (κ2) is 7.75. The van der Waals surface area contributed by atoms with Gasteiger partial charge in [0.25, 0.3) is 0 Å². The van der Waals surface area contributed by atoms with E-state index in [2.05, 4.69) is 51.1 Å². The van der Waals surface area contributed by atoms with Crippen molar-refractivity contribution in [2.75, 3.05) is 0 Å². The summed E-state index contributed by atoms with van der Waals surface area (Å²) in [5.74, 6) is 0.602. The maximum atomic E-state index is 9.32. The summed E-state index contributed by atoms with van der Waals surface area (Å²) < 4.78 is 0. The lowest BCUT2D eigenvalue weighted by molar-refractivity contribution is 0.314. The van der Waals surface area contributed by atoms with E-state index >= 15 is 0 Å². The molecule has 0 aromatic heterocycles. The number of nitrogens with zero attached hydrogens (tertiary/aromatic N) is 1. The molecule has 1 atom stereocenters. The zero-order chi connectivity index (χ0) is 19.7. The van der Waals surface area contributed by atoms with Gasteiger partial charge in [0.1, 0.15) is 0 Å². The molecule has 1 nitrogen and oxygen atoms in total. The lowest BCUT2D eigenvalue weighted by Gasteiger charge is -2.35. The third kappa shape index (κ3) is 3.75. The van der Waals surface area contributed by atoms with E-state index in [4.69, 9.17) is 0 Å². The highest BCUT2D eigenvalue weighted by molar-refractivity contribution is 5.47. The zero-order valence-corrected chi connectivity index (χ0v) is 17.8. The van der Waals surface area contributed by atoms with Crippen LogP contribution < -0.4 is 0 Å². The summed E-state index contributed by atoms with van der Waals surface area (Å²) in [6.07, 6.45) is 10.9. The van der Waals surface area contributed by atoms with E-state index in [1.807, 2.05) is 6.07 Å². The number of hydrogen-bond donors (Lipinski definition) is 0. The standard InChI is InChI=1S/C27H33N/c1-4-5-6-20-15-19(18-28)7-11-24(20)21-10-12-25-22(16-21)8-9-23-17-27(2,3)14-13-26(23)25/h7-9,11,15,21H,4-6,10,12-14,16-17H2,1-3H3. The molecule has 4 rings (SSSR count). The summed E-state index contributed by atoms with van der Waals surface area (Å²) in [5.41, 5.74) is 10.7. The van der Waals surface area contributed by atoms with Gasteiger partial charge in [-0.3, -0.25) is 0 Å². The van der Waals surface area contributed by atoms with Gasteiger partial charge in [-0.1, -0.05) is 45.4 Å². The van der Waals surface area contributed by atoms with Gasteiger partial charge in [0.15, 0.2) is 0 Å². The molecule has 146 valence electrons. The van der Waals surface area contributed by atoms with Gasteiger partial charge in [-0.15, -0.1) is 0 Å². The zero-order valence-electron chi connectivity index (χ0n) is 17.8. The van der Waals surface area contributed by atoms with Crippen molar-refractivity contribution in [1.29, 1.82) is 5.26 Å². The van der Waals surface area contributed by atoms with Gasteiger partial charge in [-0.25, -0.2) is 0 Å². The third-order valence-electron chi connectivity index (χ3n) is 7.07. The van der Waals surface area contributed by atoms with Gasteiger partial charge < -0.3 is 0 Å². The molecule has 0 aliphatic heterocycles. The number of aryl methyl sites for hydroxylation is 1. The highest BCUT2D eigenvalue weighted by atomic mass is 14.3. The number of rotatable bonds is 4. The Hall–Kier alpha value is -2.07. The number of nitriles is 1. The second-order valence-corrected chi connectivity index (χ2v) is 9.75. The molecule has 1 unspecified atom stereocenters. The smallest absolute Gasteiger partial charge is 0.0991 e. The average Bonchev–Trinajstić information content (AvgIpc) is 2.70. The van der Waals surface area contributed by atoms with E-state index in [-0.39, 0.29) is 0 Å². The first-order valence-corrected chi connectivity index (χ1v) is 11.2. The first-order chi connectivity index (χ1) is 13.5. The fourth-order valence-corrected chi connectivity index (χ4v) is 5.45. The molecule has 2 aliphatic rings. The lowest BCUT2D eigenvalue weighted by atomic mass is 9.69. The molecular weight excluding hydrogens is 338 g/mol. The average molecular weight is 372 g/mol. The van der Waals surface area contributed by atoms with Crippen LogP contribution in [0.15, 0.2) is 30.3 Å². The van der Waals surface area contributed by atoms with E-state index < -0.39 is 0 Å². The van der Waals surface area contributed by atoms with Crippen molar-refractivity contribution in [2.24, 2.45) is 5.41 Å². The van der Waals surface area contributed by atoms with Crippen LogP contribution in [0.2, 0.25) is 0 Å². The maximum absolute atomic E-state index is 9.32. The molecule has 1 heteroatoms. The van der Waals surface area contributed by atoms with Crippen molar-refractivity contribution in [2.45, 2.75) is 84.5 Å². The van der Waals surface area contributed by atoms with E-state index in [0.717, 1.165) is 18.4 Å². The highest BCUT2D eigenvalue weighted by Gasteiger charge is 2.30. The topological polar surface area (TPSA) is 23.8 Å². The van der Waals surface area contributed by atoms with Crippen LogP contribution in [-0.2, 0) is 32.1 Å². The first-order valence-electron chi connectivity index (χ1n) is 11.2. The molecule has 2 aromatic rings. The van der Waals surface area contributed by atoms with Gasteiger partial charge >= 0.3 is 0 Å². The summed E-state index contributed by atoms with van der Waals surface area (Å²) in [5, 5.41) is 9.32. The minimum absolute atomic E-state index is 0.453. The van der Waals surface area contributed by atoms with Gasteiger partial charge in [0, 0.05) is 0 Å². The maximum Gasteiger partial charge on any atom is 0.0991 e. The molecule has 0 saturated carbocycles. The first kappa shape index (κ1) is 19.3. The van der Waals surface area contributed by atoms with Gasteiger partial charge in [-0.2, -0.15) is 5.26 Å². The molecule has 2 aromatic carbocycles. The molecular formula is C27H33N. The van der Waals surface area contributed by atoms with Crippen molar-refractivity contribution in [3.63, 3.8) is 0 Å². The van der Waals surface area contributed by atoms with Crippen LogP contribution in [0.3, 0.4) is 0 Å². The van der Waals surface area contributed by atoms with E-state index in [9.17, 15) is 5.26 Å². The minimum atomic E-state index is 0.453. The third-order valence-corrected chi connectivity index (χ3v) is 7.07. The molecule has 0 amide bonds. The number of hydrogen-bond acceptors (Lipinski definition) is 1. The van der Waals surface area contributed by atoms with E-state index in [1.165, 1.54) is 56.1 Å². The summed E-state index contributed by atoms with van der Waals surface area (Å²) in [4.78, 5) is 0. The Morgan fingerprint density at radius 2 is 1.86 bits per heavy atom. The number of unbranched alkanes of at least 4 members (excludes halogenated alkanes) is 1. The van der Waals surface area contributed by atoms with E-state index in [1.54, 1.807) is 22.3 Å². The summed E-state index contributed by atoms with van der Waals surface area (Å²) in [7, 11) is 0. The van der Waals surface area contributed by atoms with Crippen LogP contribution in [-0.4, -0.2) is 0 Å². The summed E-state index contributed by atoms with van der Waals surface area (Å²) in [6.45, 7) is 7.07. The van der Waals surface area contributed by atoms with Crippen molar-refractivity contribution in [1.82, 2.24) is 0 Å². The van der Waals surface area contributed by atoms with Crippen LogP contribution >= 0.6 is 0 Å². The Balaban J connectivity index is 1.62. The Morgan fingerprint density at radius 3 is 2.64 bits per heavy atom. The quantitative estimate of drug-likeness (QED) is 0.587. The Labute approximate surface area is 170 Å². The van der Waals surface area contributed by atoms with Crippen LogP contribution in [0.25, 0.3) is 0 Å². The Kier molecular flexibility index (Phi) is 5.33. The molecule has 0 fully saturated rings. The molecule has 0 saturated heterocycles. The monoisotopic (exact) mass is 371 g/mol. The normalized spacial score (nSPS) is 20.1. The second-order valence-electron chi connectivity index (χ2n) is 9.75. The van der Waals surface area contributed by atoms with Gasteiger partial charge in [-0.05, 0) is 108 Å². The molecule has 0 radical (unpaired) electrons. The fourth-order valence-electron chi connectivity index (χ4n) is 5.45. The SMILES string of the molecule is CCCCc1cc(C#N)ccc1C1CCc2c(ccc3c2CCC(C)(C)C3)C1. The molecule has 0 spiro atoms. The van der Waals surface area contributed by atoms with Crippen LogP contribution in [0, 0.1) is 16.7 Å². The predicted octanol–water partition coefficient (Wildman–Crippen LogP) is 6.69. The van der Waals surface area contributed by atoms with Gasteiger partial charge in [0.2, 0.25) is 0 Å². The number of benzene rings is 2. The van der Waals surface area contributed by atoms with Crippen molar-refractivity contribution < 1.29 is 0 Å². The van der Waals surface area contributed by atoms with Crippen molar-refractivity contribution >= 4 is 0 Å². The molecule has 28 heavy (non-hydrogen) atoms. The molecule has 2 aliphatic carbocycles. The molecule has 0 N–H and O–H groups in total. The lowest BCUT2D eigenvalue weighted by Crippen LogP contribution is -2.25. The molecule has 0 bridgehead atoms. The number of fused-ring (bicyclic) bond motifs is 3. The fraction of sp³-hybridized carbons (Fsp3) is 0.519. The van der Waals surface area contributed by atoms with Crippen molar-refractivity contribution in [3.8, 4) is 6.07 Å². The minimum Gasteiger partial charge on any atom is -0.192 e. The Bertz CT molecular complexity index is 913. The summed E-state index contributed by atoms with van der Waals surface area (Å²) in [6, 6.07) is 13.6.